The molecule has 26 heavy (non-hydrogen) atoms. The van der Waals surface area contributed by atoms with Crippen LogP contribution in [0.4, 0.5) is 0 Å². The number of carbonyl (C=O) groups is 1. The topological polar surface area (TPSA) is 97.3 Å². The molecule has 0 bridgehead atoms. The fourth-order valence-corrected chi connectivity index (χ4v) is 2.65. The van der Waals surface area contributed by atoms with Crippen LogP contribution < -0.4 is 5.56 Å². The number of carboxylic acids is 1. The molecule has 7 heteroatoms. The van der Waals surface area contributed by atoms with E-state index in [1.54, 1.807) is 30.8 Å². The second-order valence-corrected chi connectivity index (χ2v) is 5.70. The standard InChI is InChI=1S/C18H17N3O3.CH4O/c1-12-8-14(10-20(2)17(12)22)16-19-15(18(23)24)11-21(16)9-13-6-4-3-5-7-13;1-2/h3-8,10-11H,9H2,1-2H3,(H,23,24);2H,1H3. The van der Waals surface area contributed by atoms with E-state index in [1.165, 1.54) is 10.8 Å². The van der Waals surface area contributed by atoms with Crippen molar-refractivity contribution in [3.63, 3.8) is 0 Å². The summed E-state index contributed by atoms with van der Waals surface area (Å²) in [6.45, 7) is 2.23. The molecule has 0 aliphatic rings. The van der Waals surface area contributed by atoms with E-state index in [1.807, 2.05) is 30.3 Å². The first kappa shape index (κ1) is 19.1. The molecule has 0 saturated heterocycles. The monoisotopic (exact) mass is 355 g/mol. The zero-order valence-corrected chi connectivity index (χ0v) is 14.9. The Kier molecular flexibility index (Phi) is 6.08. The molecule has 0 radical (unpaired) electrons. The summed E-state index contributed by atoms with van der Waals surface area (Å²) >= 11 is 0. The van der Waals surface area contributed by atoms with Crippen LogP contribution in [-0.4, -0.2) is 37.4 Å². The highest BCUT2D eigenvalue weighted by molar-refractivity contribution is 5.86. The molecule has 0 unspecified atom stereocenters. The zero-order valence-electron chi connectivity index (χ0n) is 14.9. The maximum atomic E-state index is 11.9. The Balaban J connectivity index is 0.00000117. The second kappa shape index (κ2) is 8.26. The minimum Gasteiger partial charge on any atom is -0.476 e. The molecule has 2 heterocycles. The molecule has 2 aromatic heterocycles. The summed E-state index contributed by atoms with van der Waals surface area (Å²) in [5.74, 6) is -0.556. The van der Waals surface area contributed by atoms with E-state index in [-0.39, 0.29) is 11.3 Å². The number of pyridine rings is 1. The number of rotatable bonds is 4. The van der Waals surface area contributed by atoms with Crippen LogP contribution in [0.2, 0.25) is 0 Å². The van der Waals surface area contributed by atoms with Crippen LogP contribution in [0.25, 0.3) is 11.4 Å². The molecule has 3 aromatic rings. The van der Waals surface area contributed by atoms with Crippen molar-refractivity contribution in [1.82, 2.24) is 14.1 Å². The number of aliphatic hydroxyl groups excluding tert-OH is 1. The van der Waals surface area contributed by atoms with Gasteiger partial charge in [-0.05, 0) is 18.6 Å². The third-order valence-corrected chi connectivity index (χ3v) is 3.81. The van der Waals surface area contributed by atoms with Gasteiger partial charge in [0, 0.05) is 44.2 Å². The van der Waals surface area contributed by atoms with Gasteiger partial charge in [0.1, 0.15) is 5.82 Å². The molecule has 3 rings (SSSR count). The van der Waals surface area contributed by atoms with Crippen molar-refractivity contribution in [2.75, 3.05) is 7.11 Å². The summed E-state index contributed by atoms with van der Waals surface area (Å²) in [6, 6.07) is 11.5. The van der Waals surface area contributed by atoms with Crippen LogP contribution in [-0.2, 0) is 13.6 Å². The first-order chi connectivity index (χ1) is 12.5. The van der Waals surface area contributed by atoms with Gasteiger partial charge >= 0.3 is 5.97 Å². The van der Waals surface area contributed by atoms with Crippen molar-refractivity contribution in [2.24, 2.45) is 7.05 Å². The maximum absolute atomic E-state index is 11.9. The van der Waals surface area contributed by atoms with Gasteiger partial charge in [-0.25, -0.2) is 9.78 Å². The SMILES string of the molecule is CO.Cc1cc(-c2nc(C(=O)O)cn2Cc2ccccc2)cn(C)c1=O. The molecule has 0 amide bonds. The fourth-order valence-electron chi connectivity index (χ4n) is 2.65. The van der Waals surface area contributed by atoms with Crippen LogP contribution in [0.1, 0.15) is 21.6 Å². The Morgan fingerprint density at radius 3 is 2.38 bits per heavy atom. The summed E-state index contributed by atoms with van der Waals surface area (Å²) in [5.41, 5.74) is 2.22. The Morgan fingerprint density at radius 1 is 1.15 bits per heavy atom. The van der Waals surface area contributed by atoms with Crippen molar-refractivity contribution in [2.45, 2.75) is 13.5 Å². The summed E-state index contributed by atoms with van der Waals surface area (Å²) in [7, 11) is 2.67. The van der Waals surface area contributed by atoms with Gasteiger partial charge < -0.3 is 19.3 Å². The molecule has 136 valence electrons. The van der Waals surface area contributed by atoms with Crippen molar-refractivity contribution < 1.29 is 15.0 Å². The molecular weight excluding hydrogens is 334 g/mol. The van der Waals surface area contributed by atoms with Crippen LogP contribution in [0.3, 0.4) is 0 Å². The van der Waals surface area contributed by atoms with Gasteiger partial charge in [-0.2, -0.15) is 0 Å². The molecule has 0 aliphatic carbocycles. The van der Waals surface area contributed by atoms with Gasteiger partial charge in [-0.15, -0.1) is 0 Å². The van der Waals surface area contributed by atoms with Crippen molar-refractivity contribution in [3.8, 4) is 11.4 Å². The number of aromatic carboxylic acids is 1. The molecule has 0 spiro atoms. The number of hydrogen-bond donors (Lipinski definition) is 2. The average Bonchev–Trinajstić information content (AvgIpc) is 3.06. The Hall–Kier alpha value is -3.19. The highest BCUT2D eigenvalue weighted by Crippen LogP contribution is 2.20. The molecule has 0 atom stereocenters. The Morgan fingerprint density at radius 2 is 1.81 bits per heavy atom. The van der Waals surface area contributed by atoms with E-state index in [4.69, 9.17) is 5.11 Å². The summed E-state index contributed by atoms with van der Waals surface area (Å²) in [4.78, 5) is 27.4. The van der Waals surface area contributed by atoms with Gasteiger partial charge in [-0.1, -0.05) is 30.3 Å². The highest BCUT2D eigenvalue weighted by atomic mass is 16.4. The van der Waals surface area contributed by atoms with E-state index in [2.05, 4.69) is 4.98 Å². The van der Waals surface area contributed by atoms with E-state index in [0.717, 1.165) is 12.7 Å². The molecule has 0 fully saturated rings. The van der Waals surface area contributed by atoms with E-state index in [9.17, 15) is 14.7 Å². The van der Waals surface area contributed by atoms with E-state index in [0.29, 0.717) is 23.5 Å². The number of benzene rings is 1. The highest BCUT2D eigenvalue weighted by Gasteiger charge is 2.16. The Labute approximate surface area is 150 Å². The molecule has 0 aliphatic heterocycles. The zero-order chi connectivity index (χ0) is 19.3. The summed E-state index contributed by atoms with van der Waals surface area (Å²) < 4.78 is 3.27. The fraction of sp³-hybridized carbons (Fsp3) is 0.211. The van der Waals surface area contributed by atoms with Gasteiger partial charge in [0.15, 0.2) is 5.69 Å². The van der Waals surface area contributed by atoms with Crippen molar-refractivity contribution in [1.29, 1.82) is 0 Å². The van der Waals surface area contributed by atoms with Crippen LogP contribution in [0.5, 0.6) is 0 Å². The van der Waals surface area contributed by atoms with Gasteiger partial charge in [0.25, 0.3) is 5.56 Å². The average molecular weight is 355 g/mol. The lowest BCUT2D eigenvalue weighted by atomic mass is 10.2. The molecule has 7 nitrogen and oxygen atoms in total. The summed E-state index contributed by atoms with van der Waals surface area (Å²) in [5, 5.41) is 16.3. The smallest absolute Gasteiger partial charge is 0.356 e. The largest absolute Gasteiger partial charge is 0.476 e. The number of aliphatic hydroxyl groups is 1. The van der Waals surface area contributed by atoms with Crippen LogP contribution in [0, 0.1) is 6.92 Å². The summed E-state index contributed by atoms with van der Waals surface area (Å²) in [6.07, 6.45) is 3.19. The van der Waals surface area contributed by atoms with E-state index >= 15 is 0 Å². The minimum absolute atomic E-state index is 0.0209. The predicted molar refractivity (Wildman–Crippen MR) is 98.3 cm³/mol. The molecule has 1 aromatic carbocycles. The normalized spacial score (nSPS) is 10.2. The lowest BCUT2D eigenvalue weighted by Crippen LogP contribution is -2.18. The maximum Gasteiger partial charge on any atom is 0.356 e. The first-order valence-corrected chi connectivity index (χ1v) is 7.92. The lowest BCUT2D eigenvalue weighted by Gasteiger charge is -2.10. The van der Waals surface area contributed by atoms with Crippen LogP contribution in [0.15, 0.2) is 53.6 Å². The van der Waals surface area contributed by atoms with Crippen LogP contribution >= 0.6 is 0 Å². The second-order valence-electron chi connectivity index (χ2n) is 5.70. The number of carboxylic acid groups (broad SMARTS) is 1. The Bertz CT molecular complexity index is 932. The molecule has 2 N–H and O–H groups in total. The van der Waals surface area contributed by atoms with Gasteiger partial charge in [0.2, 0.25) is 0 Å². The third kappa shape index (κ3) is 4.07. The quantitative estimate of drug-likeness (QED) is 0.745. The van der Waals surface area contributed by atoms with Gasteiger partial charge in [-0.3, -0.25) is 4.79 Å². The molecule has 0 saturated carbocycles. The number of hydrogen-bond acceptors (Lipinski definition) is 4. The molecular formula is C19H21N3O4. The van der Waals surface area contributed by atoms with Crippen molar-refractivity contribution >= 4 is 5.97 Å². The minimum atomic E-state index is -1.08. The predicted octanol–water partition coefficient (Wildman–Crippen LogP) is 1.91. The number of nitrogens with zero attached hydrogens (tertiary/aromatic N) is 3. The van der Waals surface area contributed by atoms with Gasteiger partial charge in [0.05, 0.1) is 0 Å². The first-order valence-electron chi connectivity index (χ1n) is 7.92. The van der Waals surface area contributed by atoms with Crippen molar-refractivity contribution in [3.05, 3.63) is 76.0 Å². The number of aryl methyl sites for hydroxylation is 2. The third-order valence-electron chi connectivity index (χ3n) is 3.81. The lowest BCUT2D eigenvalue weighted by molar-refractivity contribution is 0.0691. The number of imidazole rings is 1. The number of aromatic nitrogens is 3. The van der Waals surface area contributed by atoms with E-state index < -0.39 is 5.97 Å².